The lowest BCUT2D eigenvalue weighted by atomic mass is 9.82. The second kappa shape index (κ2) is 26.2. The zero-order valence-electron chi connectivity index (χ0n) is 43.7. The molecular formula is C57H71ClN6O9S. The number of carboxylic acids is 1. The number of oxazole rings is 1. The fraction of sp³-hybridized carbons (Fsp3) is 0.439. The predicted molar refractivity (Wildman–Crippen MR) is 297 cm³/mol. The molecule has 3 saturated heterocycles. The number of carbonyl (C=O) groups excluding carboxylic acids is 4. The second-order valence-electron chi connectivity index (χ2n) is 19.1. The van der Waals surface area contributed by atoms with Crippen molar-refractivity contribution < 1.29 is 43.3 Å². The Morgan fingerprint density at radius 2 is 1.74 bits per heavy atom. The fourth-order valence-electron chi connectivity index (χ4n) is 10.7. The van der Waals surface area contributed by atoms with Crippen molar-refractivity contribution in [3.63, 3.8) is 0 Å². The standard InChI is InChI=1S/C34H38N4O4.C20H23ClN2O4S.C2H6.CH4O/c1-4-21-10-15-31-28(17-21)36-34(42-31)38-24-11-12-25(38)19-23(18-24)26-13-14-29(32-22(20-40)7-5-8-27(26)32)37(3)30(9-6-16-39)33(41)35-2;1-20(2)11-14(6-7-22-20)23-13-5-3-4-12(10-13)17-15(21)16(27-9-8-24)18(28-17)19(25)26;2*1-2/h5,7-8,10,13-17,20,23-25,30H,4,6,9,11-12,18-19H2,1-3H3,(H,35,41);3-5,8,10,14,22-23H,6-7,9,11H2,1-2H3,(H,25,26);1-2H3;2H,1H3. The summed E-state index contributed by atoms with van der Waals surface area (Å²) in [6.07, 6.45) is 10.1. The van der Waals surface area contributed by atoms with Crippen LogP contribution in [0, 0.1) is 0 Å². The lowest BCUT2D eigenvalue weighted by molar-refractivity contribution is -0.122. The van der Waals surface area contributed by atoms with Crippen LogP contribution in [-0.4, -0.2) is 110 Å². The molecular weight excluding hydrogens is 980 g/mol. The first-order valence-corrected chi connectivity index (χ1v) is 26.7. The molecule has 9 rings (SSSR count). The van der Waals surface area contributed by atoms with Crippen LogP contribution in [0.25, 0.3) is 32.3 Å². The van der Waals surface area contributed by atoms with Gasteiger partial charge in [0.25, 0.3) is 6.01 Å². The van der Waals surface area contributed by atoms with Crippen LogP contribution in [0.2, 0.25) is 5.02 Å². The molecule has 2 bridgehead atoms. The Bertz CT molecular complexity index is 2890. The molecule has 1 amide bonds. The Balaban J connectivity index is 0.000000242. The van der Waals surface area contributed by atoms with Crippen LogP contribution in [0.5, 0.6) is 5.75 Å². The monoisotopic (exact) mass is 1050 g/mol. The normalized spacial score (nSPS) is 18.8. The van der Waals surface area contributed by atoms with Crippen molar-refractivity contribution in [1.82, 2.24) is 15.6 Å². The smallest absolute Gasteiger partial charge is 0.349 e. The van der Waals surface area contributed by atoms with Gasteiger partial charge in [-0.1, -0.05) is 74.8 Å². The van der Waals surface area contributed by atoms with Gasteiger partial charge in [-0.15, -0.1) is 11.3 Å². The molecule has 2 aromatic heterocycles. The molecule has 0 radical (unpaired) electrons. The minimum absolute atomic E-state index is 0.0136. The molecule has 5 N–H and O–H groups in total. The van der Waals surface area contributed by atoms with Gasteiger partial charge in [0.2, 0.25) is 5.91 Å². The van der Waals surface area contributed by atoms with Crippen molar-refractivity contribution in [2.24, 2.45) is 0 Å². The summed E-state index contributed by atoms with van der Waals surface area (Å²) in [5.74, 6) is -0.928. The number of nitrogens with zero attached hydrogens (tertiary/aromatic N) is 3. The SMILES string of the molecule is CC.CC1(C)CC(Nc2cccc(-c3sc(C(=O)O)c(OCC=O)c3Cl)c2)CCN1.CCc1ccc2oc(N3C4CCC3CC(c3ccc(N(C)C(CCC=O)C(=O)NC)c5c(C=O)cccc35)C4)nc2c1.CO. The summed E-state index contributed by atoms with van der Waals surface area (Å²) < 4.78 is 11.5. The highest BCUT2D eigenvalue weighted by atomic mass is 35.5. The van der Waals surface area contributed by atoms with Crippen LogP contribution < -0.4 is 30.5 Å². The van der Waals surface area contributed by atoms with Crippen LogP contribution in [-0.2, 0) is 20.8 Å². The molecule has 3 aliphatic rings. The van der Waals surface area contributed by atoms with Crippen molar-refractivity contribution >= 4 is 92.9 Å². The molecule has 4 aromatic carbocycles. The Labute approximate surface area is 443 Å². The van der Waals surface area contributed by atoms with Crippen molar-refractivity contribution in [3.8, 4) is 16.2 Å². The van der Waals surface area contributed by atoms with E-state index in [0.29, 0.717) is 47.2 Å². The van der Waals surface area contributed by atoms with Gasteiger partial charge in [-0.05, 0) is 130 Å². The number of aromatic nitrogens is 1. The van der Waals surface area contributed by atoms with E-state index >= 15 is 0 Å². The average molecular weight is 1050 g/mol. The summed E-state index contributed by atoms with van der Waals surface area (Å²) in [6.45, 7) is 11.2. The predicted octanol–water partition coefficient (Wildman–Crippen LogP) is 10.7. The number of thiophene rings is 1. The van der Waals surface area contributed by atoms with Crippen molar-refractivity contribution in [1.29, 1.82) is 0 Å². The number of carboxylic acid groups (broad SMARTS) is 1. The van der Waals surface area contributed by atoms with E-state index in [1.807, 2.05) is 74.3 Å². The molecule has 396 valence electrons. The van der Waals surface area contributed by atoms with Gasteiger partial charge in [0.15, 0.2) is 28.8 Å². The van der Waals surface area contributed by atoms with Gasteiger partial charge >= 0.3 is 5.97 Å². The maximum atomic E-state index is 12.8. The summed E-state index contributed by atoms with van der Waals surface area (Å²) >= 11 is 7.45. The third kappa shape index (κ3) is 12.8. The molecule has 17 heteroatoms. The summed E-state index contributed by atoms with van der Waals surface area (Å²) in [6, 6.07) is 25.3. The highest BCUT2D eigenvalue weighted by Crippen LogP contribution is 2.49. The number of benzene rings is 4. The number of anilines is 3. The summed E-state index contributed by atoms with van der Waals surface area (Å²) in [5.41, 5.74) is 7.50. The topological polar surface area (TPSA) is 204 Å². The van der Waals surface area contributed by atoms with E-state index in [9.17, 15) is 29.1 Å². The number of piperidine rings is 2. The van der Waals surface area contributed by atoms with Crippen LogP contribution in [0.15, 0.2) is 77.2 Å². The maximum absolute atomic E-state index is 12.8. The number of aliphatic hydroxyl groups excluding tert-OH is 1. The number of aliphatic hydroxyl groups is 1. The molecule has 4 unspecified atom stereocenters. The van der Waals surface area contributed by atoms with Crippen LogP contribution >= 0.6 is 22.9 Å². The highest BCUT2D eigenvalue weighted by molar-refractivity contribution is 7.18. The van der Waals surface area contributed by atoms with Crippen LogP contribution in [0.1, 0.15) is 123 Å². The quantitative estimate of drug-likeness (QED) is 0.0540. The number of hydrogen-bond acceptors (Lipinski definition) is 14. The summed E-state index contributed by atoms with van der Waals surface area (Å²) in [5, 5.41) is 28.4. The molecule has 6 aromatic rings. The van der Waals surface area contributed by atoms with Crippen molar-refractivity contribution in [2.45, 2.75) is 128 Å². The van der Waals surface area contributed by atoms with E-state index in [0.717, 1.165) is 127 Å². The van der Waals surface area contributed by atoms with E-state index in [4.69, 9.17) is 30.8 Å². The van der Waals surface area contributed by atoms with E-state index in [-0.39, 0.29) is 40.1 Å². The summed E-state index contributed by atoms with van der Waals surface area (Å²) in [7, 11) is 4.47. The Kier molecular flexibility index (Phi) is 20.2. The number of aryl methyl sites for hydroxylation is 1. The average Bonchev–Trinajstić information content (AvgIpc) is 4.07. The maximum Gasteiger partial charge on any atom is 0.349 e. The Morgan fingerprint density at radius 1 is 1.01 bits per heavy atom. The van der Waals surface area contributed by atoms with Crippen molar-refractivity contribution in [2.75, 3.05) is 49.5 Å². The lowest BCUT2D eigenvalue weighted by Gasteiger charge is -2.39. The van der Waals surface area contributed by atoms with E-state index in [2.05, 4.69) is 65.9 Å². The fourth-order valence-corrected chi connectivity index (χ4v) is 12.1. The van der Waals surface area contributed by atoms with E-state index in [1.54, 1.807) is 7.05 Å². The first kappa shape index (κ1) is 57.0. The van der Waals surface area contributed by atoms with Gasteiger partial charge in [0.1, 0.15) is 29.5 Å². The number of aldehydes is 3. The zero-order chi connectivity index (χ0) is 53.7. The highest BCUT2D eigenvalue weighted by Gasteiger charge is 2.44. The molecule has 0 spiro atoms. The number of ether oxygens (including phenoxy) is 1. The van der Waals surface area contributed by atoms with Crippen LogP contribution in [0.4, 0.5) is 17.4 Å². The number of hydrogen-bond donors (Lipinski definition) is 5. The van der Waals surface area contributed by atoms with Crippen LogP contribution in [0.3, 0.4) is 0 Å². The largest absolute Gasteiger partial charge is 0.483 e. The minimum atomic E-state index is -1.13. The molecule has 0 saturated carbocycles. The number of aromatic carboxylic acids is 1. The Hall–Kier alpha value is -6.33. The lowest BCUT2D eigenvalue weighted by Crippen LogP contribution is -2.49. The number of nitrogens with one attached hydrogen (secondary N) is 3. The first-order valence-electron chi connectivity index (χ1n) is 25.5. The van der Waals surface area contributed by atoms with Gasteiger partial charge < -0.3 is 49.9 Å². The molecule has 3 aliphatic heterocycles. The van der Waals surface area contributed by atoms with Gasteiger partial charge in [-0.2, -0.15) is 4.98 Å². The number of halogens is 1. The second-order valence-corrected chi connectivity index (χ2v) is 20.5. The molecule has 74 heavy (non-hydrogen) atoms. The number of carbonyl (C=O) groups is 5. The molecule has 3 fully saturated rings. The number of fused-ring (bicyclic) bond motifs is 4. The number of rotatable bonds is 17. The Morgan fingerprint density at radius 3 is 2.39 bits per heavy atom. The minimum Gasteiger partial charge on any atom is -0.483 e. The van der Waals surface area contributed by atoms with Crippen molar-refractivity contribution in [3.05, 3.63) is 99.4 Å². The molecule has 4 atom stereocenters. The first-order chi connectivity index (χ1) is 35.8. The summed E-state index contributed by atoms with van der Waals surface area (Å²) in [4.78, 5) is 68.2. The number of likely N-dealkylation sites (N-methyl/N-ethyl adjacent to an activating group) is 2. The third-order valence-electron chi connectivity index (χ3n) is 14.1. The van der Waals surface area contributed by atoms with E-state index in [1.165, 1.54) is 11.1 Å². The van der Waals surface area contributed by atoms with E-state index < -0.39 is 12.0 Å². The van der Waals surface area contributed by atoms with Gasteiger partial charge in [-0.3, -0.25) is 14.4 Å². The van der Waals surface area contributed by atoms with Gasteiger partial charge in [-0.25, -0.2) is 4.79 Å². The molecule has 15 nitrogen and oxygen atoms in total. The molecule has 0 aliphatic carbocycles. The van der Waals surface area contributed by atoms with Gasteiger partial charge in [0.05, 0.1) is 4.88 Å². The molecule has 5 heterocycles. The number of amides is 1. The van der Waals surface area contributed by atoms with Gasteiger partial charge in [0, 0.05) is 73.6 Å². The third-order valence-corrected chi connectivity index (χ3v) is 15.7. The zero-order valence-corrected chi connectivity index (χ0v) is 45.3.